The highest BCUT2D eigenvalue weighted by Gasteiger charge is 2.11. The Morgan fingerprint density at radius 2 is 2.10 bits per heavy atom. The first-order valence-electron chi connectivity index (χ1n) is 8.39. The van der Waals surface area contributed by atoms with E-state index in [1.807, 2.05) is 0 Å². The number of benzene rings is 2. The van der Waals surface area contributed by atoms with E-state index in [4.69, 9.17) is 20.8 Å². The van der Waals surface area contributed by atoms with Gasteiger partial charge in [-0.05, 0) is 42.0 Å². The molecule has 154 valence electrons. The number of hydrogen-bond donors (Lipinski definition) is 1. The summed E-state index contributed by atoms with van der Waals surface area (Å²) in [6.07, 6.45) is 0.951. The molecule has 10 nitrogen and oxygen atoms in total. The number of nitrogens with zero attached hydrogens (tertiary/aromatic N) is 2. The second-order valence-corrected chi connectivity index (χ2v) is 6.53. The summed E-state index contributed by atoms with van der Waals surface area (Å²) < 4.78 is 10.4. The zero-order valence-corrected chi connectivity index (χ0v) is 16.1. The molecule has 0 spiro atoms. The van der Waals surface area contributed by atoms with Gasteiger partial charge in [-0.1, -0.05) is 11.6 Å². The Morgan fingerprint density at radius 3 is 2.83 bits per heavy atom. The molecule has 3 rings (SSSR count). The highest BCUT2D eigenvalue weighted by molar-refractivity contribution is 6.31. The molecule has 0 radical (unpaired) electrons. The number of fused-ring (bicyclic) bond motifs is 1. The van der Waals surface area contributed by atoms with E-state index in [0.717, 1.165) is 23.2 Å². The van der Waals surface area contributed by atoms with Gasteiger partial charge in [-0.3, -0.25) is 14.9 Å². The summed E-state index contributed by atoms with van der Waals surface area (Å²) >= 11 is 5.75. The number of carbonyl (C=O) groups is 1. The lowest BCUT2D eigenvalue weighted by Crippen LogP contribution is -2.24. The van der Waals surface area contributed by atoms with Crippen LogP contribution in [0.3, 0.4) is 0 Å². The van der Waals surface area contributed by atoms with Crippen molar-refractivity contribution in [2.45, 2.75) is 6.92 Å². The molecule has 0 aliphatic rings. The third-order valence-corrected chi connectivity index (χ3v) is 4.16. The summed E-state index contributed by atoms with van der Waals surface area (Å²) in [4.78, 5) is 33.3. The predicted octanol–water partition coefficient (Wildman–Crippen LogP) is 2.27. The van der Waals surface area contributed by atoms with E-state index in [9.17, 15) is 24.8 Å². The summed E-state index contributed by atoms with van der Waals surface area (Å²) in [5, 5.41) is 27.1. The molecule has 0 aliphatic carbocycles. The number of aryl methyl sites for hydroxylation is 1. The van der Waals surface area contributed by atoms with Crippen molar-refractivity contribution in [1.82, 2.24) is 5.43 Å². The lowest BCUT2D eigenvalue weighted by Gasteiger charge is -2.10. The van der Waals surface area contributed by atoms with Gasteiger partial charge in [0.1, 0.15) is 11.3 Å². The summed E-state index contributed by atoms with van der Waals surface area (Å²) in [5.41, 5.74) is 1.85. The molecule has 0 saturated carbocycles. The Bertz CT molecular complexity index is 1240. The molecular formula is C19H13ClN3O7-. The van der Waals surface area contributed by atoms with Gasteiger partial charge in [0.15, 0.2) is 6.61 Å². The minimum Gasteiger partial charge on any atom is -0.867 e. The van der Waals surface area contributed by atoms with E-state index >= 15 is 0 Å². The van der Waals surface area contributed by atoms with E-state index in [-0.39, 0.29) is 10.6 Å². The van der Waals surface area contributed by atoms with E-state index in [1.165, 1.54) is 18.2 Å². The molecule has 2 aromatic carbocycles. The Hall–Kier alpha value is -3.92. The van der Waals surface area contributed by atoms with Gasteiger partial charge in [0.05, 0.1) is 11.1 Å². The molecule has 0 bridgehead atoms. The second kappa shape index (κ2) is 8.62. The van der Waals surface area contributed by atoms with Crippen molar-refractivity contribution < 1.29 is 24.0 Å². The van der Waals surface area contributed by atoms with Crippen molar-refractivity contribution in [1.29, 1.82) is 0 Å². The molecule has 0 saturated heterocycles. The topological polar surface area (TPSA) is 147 Å². The van der Waals surface area contributed by atoms with Crippen LogP contribution in [0.5, 0.6) is 11.5 Å². The molecule has 11 heteroatoms. The van der Waals surface area contributed by atoms with Crippen LogP contribution < -0.4 is 20.9 Å². The van der Waals surface area contributed by atoms with Crippen LogP contribution in [0, 0.1) is 17.0 Å². The summed E-state index contributed by atoms with van der Waals surface area (Å²) in [6, 6.07) is 8.28. The van der Waals surface area contributed by atoms with Crippen LogP contribution in [0.4, 0.5) is 5.69 Å². The monoisotopic (exact) mass is 430 g/mol. The fraction of sp³-hybridized carbons (Fsp3) is 0.105. The largest absolute Gasteiger partial charge is 0.867 e. The highest BCUT2D eigenvalue weighted by Crippen LogP contribution is 2.30. The zero-order valence-electron chi connectivity index (χ0n) is 15.4. The van der Waals surface area contributed by atoms with Gasteiger partial charge in [-0.15, -0.1) is 0 Å². The standard InChI is InChI=1S/C19H14ClN3O7/c1-10-4-18(25)30-16-7-13(2-3-14(10)16)29-9-17(24)22-21-8-11-5-12(20)6-15(19(11)26)23(27)28/h2-8,26H,9H2,1H3,(H,22,24)/p-1/b21-8-. The second-order valence-electron chi connectivity index (χ2n) is 6.09. The van der Waals surface area contributed by atoms with Gasteiger partial charge >= 0.3 is 5.63 Å². The quantitative estimate of drug-likeness (QED) is 0.273. The summed E-state index contributed by atoms with van der Waals surface area (Å²) in [7, 11) is 0. The maximum Gasteiger partial charge on any atom is 0.336 e. The fourth-order valence-corrected chi connectivity index (χ4v) is 2.80. The van der Waals surface area contributed by atoms with Crippen LogP contribution in [0.1, 0.15) is 11.1 Å². The minimum absolute atomic E-state index is 0.0180. The highest BCUT2D eigenvalue weighted by atomic mass is 35.5. The van der Waals surface area contributed by atoms with E-state index in [2.05, 4.69) is 10.5 Å². The van der Waals surface area contributed by atoms with Gasteiger partial charge in [0.2, 0.25) is 0 Å². The summed E-state index contributed by atoms with van der Waals surface area (Å²) in [6.45, 7) is 1.35. The van der Waals surface area contributed by atoms with Crippen molar-refractivity contribution in [2.75, 3.05) is 6.61 Å². The Balaban J connectivity index is 1.64. The van der Waals surface area contributed by atoms with Crippen LogP contribution in [0.15, 0.2) is 50.7 Å². The van der Waals surface area contributed by atoms with Gasteiger partial charge in [0, 0.05) is 28.6 Å². The number of carbonyl (C=O) groups excluding carboxylic acids is 1. The van der Waals surface area contributed by atoms with Gasteiger partial charge in [0.25, 0.3) is 11.6 Å². The van der Waals surface area contributed by atoms with Gasteiger partial charge < -0.3 is 14.3 Å². The average molecular weight is 431 g/mol. The number of nitrogens with one attached hydrogen (secondary N) is 1. The molecule has 1 amide bonds. The SMILES string of the molecule is Cc1cc(=O)oc2cc(OCC(=O)N/N=C\c3cc(Cl)cc([N+](=O)[O-])c3[O-])ccc12. The number of nitro groups is 1. The predicted molar refractivity (Wildman–Crippen MR) is 106 cm³/mol. The molecule has 0 atom stereocenters. The summed E-state index contributed by atoms with van der Waals surface area (Å²) in [5.74, 6) is -1.24. The van der Waals surface area contributed by atoms with Crippen LogP contribution in [-0.2, 0) is 4.79 Å². The van der Waals surface area contributed by atoms with E-state index < -0.39 is 34.5 Å². The first-order valence-corrected chi connectivity index (χ1v) is 8.76. The molecule has 1 heterocycles. The fourth-order valence-electron chi connectivity index (χ4n) is 2.58. The molecule has 3 aromatic rings. The number of ether oxygens (including phenoxy) is 1. The van der Waals surface area contributed by atoms with E-state index in [1.54, 1.807) is 19.1 Å². The molecular weight excluding hydrogens is 418 g/mol. The Kier molecular flexibility index (Phi) is 5.98. The van der Waals surface area contributed by atoms with Crippen LogP contribution in [0.25, 0.3) is 11.0 Å². The molecule has 0 aliphatic heterocycles. The maximum absolute atomic E-state index is 11.9. The van der Waals surface area contributed by atoms with Gasteiger partial charge in [-0.25, -0.2) is 10.2 Å². The normalized spacial score (nSPS) is 11.0. The van der Waals surface area contributed by atoms with Crippen LogP contribution in [-0.4, -0.2) is 23.7 Å². The zero-order chi connectivity index (χ0) is 21.8. The molecule has 30 heavy (non-hydrogen) atoms. The third-order valence-electron chi connectivity index (χ3n) is 3.95. The van der Waals surface area contributed by atoms with E-state index in [0.29, 0.717) is 11.3 Å². The Morgan fingerprint density at radius 1 is 1.33 bits per heavy atom. The van der Waals surface area contributed by atoms with Crippen LogP contribution >= 0.6 is 11.6 Å². The lowest BCUT2D eigenvalue weighted by atomic mass is 10.1. The smallest absolute Gasteiger partial charge is 0.336 e. The van der Waals surface area contributed by atoms with Crippen molar-refractivity contribution in [3.05, 3.63) is 73.1 Å². The first kappa shape index (κ1) is 20.8. The molecule has 0 unspecified atom stereocenters. The number of hydrazone groups is 1. The van der Waals surface area contributed by atoms with Crippen molar-refractivity contribution >= 4 is 40.4 Å². The maximum atomic E-state index is 11.9. The average Bonchev–Trinajstić information content (AvgIpc) is 2.68. The number of hydrogen-bond acceptors (Lipinski definition) is 8. The Labute approximate surface area is 173 Å². The molecule has 1 aromatic heterocycles. The number of amides is 1. The minimum atomic E-state index is -0.883. The number of rotatable bonds is 6. The molecule has 1 N–H and O–H groups in total. The first-order chi connectivity index (χ1) is 14.2. The third kappa shape index (κ3) is 4.73. The molecule has 0 fully saturated rings. The van der Waals surface area contributed by atoms with Crippen molar-refractivity contribution in [3.8, 4) is 11.5 Å². The van der Waals surface area contributed by atoms with Crippen molar-refractivity contribution in [2.24, 2.45) is 5.10 Å². The van der Waals surface area contributed by atoms with Crippen molar-refractivity contribution in [3.63, 3.8) is 0 Å². The van der Waals surface area contributed by atoms with Gasteiger partial charge in [-0.2, -0.15) is 5.10 Å². The lowest BCUT2D eigenvalue weighted by molar-refractivity contribution is -0.398. The number of halogens is 1. The number of nitro benzene ring substituents is 1. The van der Waals surface area contributed by atoms with Crippen LogP contribution in [0.2, 0.25) is 5.02 Å².